The van der Waals surface area contributed by atoms with E-state index in [-0.39, 0.29) is 24.3 Å². The number of piperazine rings is 1. The monoisotopic (exact) mass is 418 g/mol. The number of hydrogen-bond acceptors (Lipinski definition) is 4. The minimum absolute atomic E-state index is 0.0917. The predicted octanol–water partition coefficient (Wildman–Crippen LogP) is 2.49. The average molecular weight is 419 g/mol. The average Bonchev–Trinajstić information content (AvgIpc) is 2.95. The van der Waals surface area contributed by atoms with Gasteiger partial charge in [-0.25, -0.2) is 4.79 Å². The summed E-state index contributed by atoms with van der Waals surface area (Å²) >= 11 is 6.07. The molecule has 3 aliphatic rings. The normalized spacial score (nSPS) is 27.5. The fourth-order valence-electron chi connectivity index (χ4n) is 4.76. The van der Waals surface area contributed by atoms with Gasteiger partial charge in [0.25, 0.3) is 5.91 Å². The third kappa shape index (κ3) is 3.68. The second-order valence-electron chi connectivity index (χ2n) is 8.29. The second-order valence-corrected chi connectivity index (χ2v) is 8.72. The van der Waals surface area contributed by atoms with E-state index in [0.717, 1.165) is 29.8 Å². The van der Waals surface area contributed by atoms with E-state index in [9.17, 15) is 14.4 Å². The van der Waals surface area contributed by atoms with Crippen molar-refractivity contribution >= 4 is 35.1 Å². The summed E-state index contributed by atoms with van der Waals surface area (Å²) in [6.45, 7) is 4.31. The van der Waals surface area contributed by atoms with E-state index in [1.807, 2.05) is 31.2 Å². The van der Waals surface area contributed by atoms with Crippen LogP contribution in [-0.2, 0) is 9.59 Å². The number of carbonyl (C=O) groups is 3. The Labute approximate surface area is 176 Å². The maximum Gasteiger partial charge on any atom is 0.325 e. The third-order valence-corrected chi connectivity index (χ3v) is 6.84. The molecule has 4 rings (SSSR count). The number of urea groups is 1. The fraction of sp³-hybridized carbons (Fsp3) is 0.571. The third-order valence-electron chi connectivity index (χ3n) is 6.60. The van der Waals surface area contributed by atoms with E-state index in [1.54, 1.807) is 4.90 Å². The number of anilines is 1. The minimum atomic E-state index is -0.819. The molecule has 1 aromatic carbocycles. The van der Waals surface area contributed by atoms with Gasteiger partial charge in [-0.3, -0.25) is 14.5 Å². The molecule has 2 heterocycles. The van der Waals surface area contributed by atoms with Crippen LogP contribution in [0.2, 0.25) is 5.02 Å². The lowest BCUT2D eigenvalue weighted by atomic mass is 9.73. The van der Waals surface area contributed by atoms with Gasteiger partial charge < -0.3 is 15.1 Å². The lowest BCUT2D eigenvalue weighted by Crippen LogP contribution is -2.55. The van der Waals surface area contributed by atoms with Crippen molar-refractivity contribution in [1.29, 1.82) is 0 Å². The van der Waals surface area contributed by atoms with Crippen LogP contribution in [0.1, 0.15) is 32.6 Å². The van der Waals surface area contributed by atoms with E-state index < -0.39 is 11.6 Å². The number of halogens is 1. The van der Waals surface area contributed by atoms with E-state index in [1.165, 1.54) is 0 Å². The number of benzene rings is 1. The Morgan fingerprint density at radius 3 is 2.66 bits per heavy atom. The molecule has 1 spiro atoms. The van der Waals surface area contributed by atoms with E-state index in [0.29, 0.717) is 37.6 Å². The minimum Gasteiger partial charge on any atom is -0.368 e. The standard InChI is InChI=1S/C21H27ClN4O3/c1-15-5-2-3-8-21(15)19(28)26(20(29)23-21)14-18(27)25-11-9-24(10-12-25)17-7-4-6-16(22)13-17/h4,6-7,13,15H,2-3,5,8-12,14H2,1H3,(H,23,29)/t15-,21-/m0/s1. The van der Waals surface area contributed by atoms with Crippen molar-refractivity contribution in [3.63, 3.8) is 0 Å². The SMILES string of the molecule is C[C@H]1CCCC[C@]12NC(=O)N(CC(=O)N1CCN(c3cccc(Cl)c3)CC1)C2=O. The Hall–Kier alpha value is -2.28. The zero-order valence-corrected chi connectivity index (χ0v) is 17.5. The zero-order valence-electron chi connectivity index (χ0n) is 16.7. The van der Waals surface area contributed by atoms with Gasteiger partial charge in [0.2, 0.25) is 5.91 Å². The number of imide groups is 1. The number of carbonyl (C=O) groups excluding carboxylic acids is 3. The van der Waals surface area contributed by atoms with E-state index in [2.05, 4.69) is 10.2 Å². The lowest BCUT2D eigenvalue weighted by Gasteiger charge is -2.37. The highest BCUT2D eigenvalue weighted by Crippen LogP contribution is 2.38. The molecule has 4 amide bonds. The zero-order chi connectivity index (χ0) is 20.6. The largest absolute Gasteiger partial charge is 0.368 e. The molecular formula is C21H27ClN4O3. The molecule has 8 heteroatoms. The quantitative estimate of drug-likeness (QED) is 0.765. The molecular weight excluding hydrogens is 392 g/mol. The van der Waals surface area contributed by atoms with Crippen LogP contribution in [0.15, 0.2) is 24.3 Å². The molecule has 7 nitrogen and oxygen atoms in total. The molecule has 1 aliphatic carbocycles. The van der Waals surface area contributed by atoms with Crippen molar-refractivity contribution in [2.45, 2.75) is 38.1 Å². The molecule has 0 radical (unpaired) electrons. The first-order valence-corrected chi connectivity index (χ1v) is 10.7. The van der Waals surface area contributed by atoms with Crippen molar-refractivity contribution in [3.8, 4) is 0 Å². The smallest absolute Gasteiger partial charge is 0.325 e. The number of nitrogens with one attached hydrogen (secondary N) is 1. The van der Waals surface area contributed by atoms with Gasteiger partial charge in [0.1, 0.15) is 12.1 Å². The molecule has 0 unspecified atom stereocenters. The van der Waals surface area contributed by atoms with Crippen molar-refractivity contribution in [2.24, 2.45) is 5.92 Å². The second kappa shape index (κ2) is 7.86. The first kappa shape index (κ1) is 20.0. The molecule has 2 atom stereocenters. The number of hydrogen-bond donors (Lipinski definition) is 1. The van der Waals surface area contributed by atoms with Gasteiger partial charge in [-0.05, 0) is 37.0 Å². The maximum absolute atomic E-state index is 13.0. The van der Waals surface area contributed by atoms with Crippen LogP contribution >= 0.6 is 11.6 Å². The molecule has 2 saturated heterocycles. The summed E-state index contributed by atoms with van der Waals surface area (Å²) in [5.41, 5.74) is 0.216. The summed E-state index contributed by atoms with van der Waals surface area (Å²) in [6.07, 6.45) is 3.56. The first-order valence-electron chi connectivity index (χ1n) is 10.3. The van der Waals surface area contributed by atoms with Crippen molar-refractivity contribution in [3.05, 3.63) is 29.3 Å². The van der Waals surface area contributed by atoms with Crippen LogP contribution in [0.25, 0.3) is 0 Å². The molecule has 1 N–H and O–H groups in total. The molecule has 156 valence electrons. The van der Waals surface area contributed by atoms with Gasteiger partial charge in [-0.15, -0.1) is 0 Å². The Kier molecular flexibility index (Phi) is 5.42. The van der Waals surface area contributed by atoms with Crippen LogP contribution in [0.4, 0.5) is 10.5 Å². The van der Waals surface area contributed by atoms with Gasteiger partial charge >= 0.3 is 6.03 Å². The predicted molar refractivity (Wildman–Crippen MR) is 111 cm³/mol. The van der Waals surface area contributed by atoms with Gasteiger partial charge in [-0.2, -0.15) is 0 Å². The van der Waals surface area contributed by atoms with E-state index in [4.69, 9.17) is 11.6 Å². The topological polar surface area (TPSA) is 73.0 Å². The van der Waals surface area contributed by atoms with Crippen LogP contribution in [0, 0.1) is 5.92 Å². The molecule has 1 aromatic rings. The Balaban J connectivity index is 1.36. The number of nitrogens with zero attached hydrogens (tertiary/aromatic N) is 3. The van der Waals surface area contributed by atoms with Crippen LogP contribution in [0.5, 0.6) is 0 Å². The van der Waals surface area contributed by atoms with Crippen LogP contribution in [-0.4, -0.2) is 65.9 Å². The summed E-state index contributed by atoms with van der Waals surface area (Å²) in [6, 6.07) is 7.23. The summed E-state index contributed by atoms with van der Waals surface area (Å²) in [5, 5.41) is 3.59. The highest BCUT2D eigenvalue weighted by atomic mass is 35.5. The van der Waals surface area contributed by atoms with Gasteiger partial charge in [-0.1, -0.05) is 37.4 Å². The molecule has 3 fully saturated rings. The molecule has 0 bridgehead atoms. The molecule has 0 aromatic heterocycles. The maximum atomic E-state index is 13.0. The summed E-state index contributed by atoms with van der Waals surface area (Å²) < 4.78 is 0. The van der Waals surface area contributed by atoms with E-state index >= 15 is 0 Å². The lowest BCUT2D eigenvalue weighted by molar-refractivity contribution is -0.140. The van der Waals surface area contributed by atoms with Crippen LogP contribution < -0.4 is 10.2 Å². The Morgan fingerprint density at radius 2 is 1.97 bits per heavy atom. The summed E-state index contributed by atoms with van der Waals surface area (Å²) in [7, 11) is 0. The van der Waals surface area contributed by atoms with Crippen molar-refractivity contribution < 1.29 is 14.4 Å². The Morgan fingerprint density at radius 1 is 1.21 bits per heavy atom. The van der Waals surface area contributed by atoms with Gasteiger partial charge in [0.05, 0.1) is 0 Å². The molecule has 29 heavy (non-hydrogen) atoms. The highest BCUT2D eigenvalue weighted by molar-refractivity contribution is 6.30. The van der Waals surface area contributed by atoms with Gasteiger partial charge in [0, 0.05) is 36.9 Å². The molecule has 1 saturated carbocycles. The number of amides is 4. The van der Waals surface area contributed by atoms with Crippen LogP contribution in [0.3, 0.4) is 0 Å². The highest BCUT2D eigenvalue weighted by Gasteiger charge is 2.55. The molecule has 2 aliphatic heterocycles. The van der Waals surface area contributed by atoms with Crippen molar-refractivity contribution in [1.82, 2.24) is 15.1 Å². The van der Waals surface area contributed by atoms with Crippen molar-refractivity contribution in [2.75, 3.05) is 37.6 Å². The summed E-state index contributed by atoms with van der Waals surface area (Å²) in [4.78, 5) is 43.4. The summed E-state index contributed by atoms with van der Waals surface area (Å²) in [5.74, 6) is -0.325. The van der Waals surface area contributed by atoms with Gasteiger partial charge in [0.15, 0.2) is 0 Å². The number of rotatable bonds is 3. The first-order chi connectivity index (χ1) is 13.9. The fourth-order valence-corrected chi connectivity index (χ4v) is 4.95. The Bertz CT molecular complexity index is 824.